The van der Waals surface area contributed by atoms with Crippen LogP contribution in [-0.2, 0) is 11.4 Å². The Balaban J connectivity index is -0.0000000150. The molecule has 0 amide bonds. The third-order valence-electron chi connectivity index (χ3n) is 0. The molecule has 0 aromatic rings. The van der Waals surface area contributed by atoms with Crippen molar-refractivity contribution in [1.29, 1.82) is 0 Å². The largest absolute Gasteiger partial charge is 1.00 e. The summed E-state index contributed by atoms with van der Waals surface area (Å²) in [5.74, 6) is 0. The van der Waals surface area contributed by atoms with Crippen LogP contribution in [0.25, 0.3) is 0 Å². The maximum absolute atomic E-state index is 8.67. The molecule has 0 aliphatic heterocycles. The average Bonchev–Trinajstić information content (AvgIpc) is 0.811. The smallest absolute Gasteiger partial charge is 1.00 e. The molecule has 36 valence electrons. The first-order chi connectivity index (χ1) is 1.73. The van der Waals surface area contributed by atoms with Gasteiger partial charge in [0.05, 0.1) is 0 Å². The van der Waals surface area contributed by atoms with Crippen LogP contribution in [0.15, 0.2) is 0 Å². The number of hydrogen-bond donors (Lipinski definition) is 2. The first-order valence-electron chi connectivity index (χ1n) is 0.532. The molecule has 6 heavy (non-hydrogen) atoms. The first kappa shape index (κ1) is 16.0. The molecule has 0 spiro atoms. The Hall–Kier alpha value is 0.627. The summed E-state index contributed by atoms with van der Waals surface area (Å²) in [5.41, 5.74) is 0. The summed E-state index contributed by atoms with van der Waals surface area (Å²) < 4.78 is 22.8. The second kappa shape index (κ2) is 9.16. The van der Waals surface area contributed by atoms with Crippen molar-refractivity contribution in [3.8, 4) is 0 Å². The molecule has 0 atom stereocenters. The fraction of sp³-hybridized carbons (Fsp3) is 0. The van der Waals surface area contributed by atoms with Crippen LogP contribution in [0.2, 0.25) is 0 Å². The Morgan fingerprint density at radius 2 is 1.50 bits per heavy atom. The zero-order valence-electron chi connectivity index (χ0n) is 4.21. The van der Waals surface area contributed by atoms with Crippen LogP contribution in [0.3, 0.4) is 0 Å². The van der Waals surface area contributed by atoms with Crippen LogP contribution in [-0.4, -0.2) is 18.8 Å². The van der Waals surface area contributed by atoms with E-state index in [1.165, 1.54) is 0 Å². The minimum absolute atomic E-state index is 0. The van der Waals surface area contributed by atoms with Gasteiger partial charge in [-0.3, -0.25) is 9.11 Å². The van der Waals surface area contributed by atoms with Crippen LogP contribution < -0.4 is 18.9 Å². The van der Waals surface area contributed by atoms with Gasteiger partial charge in [-0.05, 0) is 0 Å². The van der Waals surface area contributed by atoms with Crippen molar-refractivity contribution in [1.82, 2.24) is 0 Å². The molecule has 4 N–H and O–H groups in total. The molecule has 0 aromatic heterocycles. The molecule has 6 heteroatoms. The van der Waals surface area contributed by atoms with Gasteiger partial charge in [0.15, 0.2) is 0 Å². The summed E-state index contributed by atoms with van der Waals surface area (Å²) in [4.78, 5) is 0. The third kappa shape index (κ3) is 155. The molecule has 0 saturated carbocycles. The molecule has 0 aliphatic carbocycles. The molecule has 0 aromatic carbocycles. The van der Waals surface area contributed by atoms with E-state index in [1.54, 1.807) is 0 Å². The Morgan fingerprint density at radius 1 is 1.50 bits per heavy atom. The quantitative estimate of drug-likeness (QED) is 0.244. The normalized spacial score (nSPS) is 5.83. The van der Waals surface area contributed by atoms with Crippen molar-refractivity contribution in [3.05, 3.63) is 0 Å². The molecule has 0 aliphatic rings. The van der Waals surface area contributed by atoms with Gasteiger partial charge in [0.25, 0.3) is 11.4 Å². The van der Waals surface area contributed by atoms with Gasteiger partial charge in [-0.15, -0.1) is 0 Å². The topological polar surface area (TPSA) is 89.0 Å². The summed E-state index contributed by atoms with van der Waals surface area (Å²) in [6.45, 7) is 0. The van der Waals surface area contributed by atoms with Crippen LogP contribution >= 0.6 is 0 Å². The van der Waals surface area contributed by atoms with E-state index in [0.29, 0.717) is 0 Å². The predicted molar refractivity (Wildman–Crippen MR) is 18.1 cm³/mol. The van der Waals surface area contributed by atoms with E-state index >= 15 is 0 Å². The molecule has 0 heterocycles. The van der Waals surface area contributed by atoms with Gasteiger partial charge in [-0.25, -0.2) is 0 Å². The molecular weight excluding hydrogens is 103 g/mol. The van der Waals surface area contributed by atoms with Gasteiger partial charge in [0, 0.05) is 0 Å². The van der Waals surface area contributed by atoms with Crippen molar-refractivity contribution in [2.24, 2.45) is 0 Å². The van der Waals surface area contributed by atoms with Crippen LogP contribution in [0.5, 0.6) is 0 Å². The van der Waals surface area contributed by atoms with Crippen LogP contribution in [0.1, 0.15) is 1.43 Å². The fourth-order valence-corrected chi connectivity index (χ4v) is 0. The molecule has 0 unspecified atom stereocenters. The molecular formula is H5LiO4S. The van der Waals surface area contributed by atoms with Gasteiger partial charge in [-0.2, -0.15) is 4.21 Å². The van der Waals surface area contributed by atoms with E-state index in [9.17, 15) is 0 Å². The molecule has 4 nitrogen and oxygen atoms in total. The van der Waals surface area contributed by atoms with Gasteiger partial charge in [-0.1, -0.05) is 0 Å². The van der Waals surface area contributed by atoms with Crippen LogP contribution in [0.4, 0.5) is 0 Å². The van der Waals surface area contributed by atoms with E-state index in [0.717, 1.165) is 0 Å². The maximum Gasteiger partial charge on any atom is 1.00 e. The van der Waals surface area contributed by atoms with Gasteiger partial charge >= 0.3 is 18.9 Å². The number of rotatable bonds is 0. The van der Waals surface area contributed by atoms with Gasteiger partial charge in [0.1, 0.15) is 0 Å². The minimum atomic E-state index is -2.61. The van der Waals surface area contributed by atoms with E-state index in [1.807, 2.05) is 0 Å². The summed E-state index contributed by atoms with van der Waals surface area (Å²) in [6, 6.07) is 0. The van der Waals surface area contributed by atoms with E-state index < -0.39 is 11.4 Å². The standard InChI is InChI=1S/Li.H2O3S.H2O.H/c;1-4(2)3;;/h;(H2,1,2,3);1H2;/q+1;;;-1. The van der Waals surface area contributed by atoms with E-state index in [-0.39, 0.29) is 25.8 Å². The van der Waals surface area contributed by atoms with Crippen molar-refractivity contribution in [2.45, 2.75) is 0 Å². The summed E-state index contributed by atoms with van der Waals surface area (Å²) in [6.07, 6.45) is 0. The second-order valence-corrected chi connectivity index (χ2v) is 0.692. The van der Waals surface area contributed by atoms with E-state index in [4.69, 9.17) is 13.3 Å². The van der Waals surface area contributed by atoms with Gasteiger partial charge < -0.3 is 6.90 Å². The molecule has 0 saturated heterocycles. The van der Waals surface area contributed by atoms with Crippen molar-refractivity contribution >= 4 is 11.4 Å². The van der Waals surface area contributed by atoms with Crippen LogP contribution in [0, 0.1) is 0 Å². The zero-order chi connectivity index (χ0) is 3.58. The molecule has 0 radical (unpaired) electrons. The summed E-state index contributed by atoms with van der Waals surface area (Å²) in [7, 11) is 0. The second-order valence-electron chi connectivity index (χ2n) is 0.231. The molecule has 0 rings (SSSR count). The summed E-state index contributed by atoms with van der Waals surface area (Å²) in [5, 5.41) is 0. The Kier molecular flexibility index (Phi) is 24.3. The molecule has 0 bridgehead atoms. The SMILES string of the molecule is O.O=S(O)O.[H-].[Li+]. The Labute approximate surface area is 51.0 Å². The summed E-state index contributed by atoms with van der Waals surface area (Å²) >= 11 is -2.61. The number of hydrogen-bond acceptors (Lipinski definition) is 1. The van der Waals surface area contributed by atoms with E-state index in [2.05, 4.69) is 0 Å². The zero-order valence-corrected chi connectivity index (χ0v) is 4.03. The van der Waals surface area contributed by atoms with Gasteiger partial charge in [0.2, 0.25) is 0 Å². The average molecular weight is 108 g/mol. The van der Waals surface area contributed by atoms with Crippen molar-refractivity contribution in [2.75, 3.05) is 0 Å². The fourth-order valence-electron chi connectivity index (χ4n) is 0. The Morgan fingerprint density at radius 3 is 1.50 bits per heavy atom. The Bertz CT molecular complexity index is 34.7. The maximum atomic E-state index is 8.67. The van der Waals surface area contributed by atoms with Crippen molar-refractivity contribution in [3.63, 3.8) is 0 Å². The molecule has 0 fully saturated rings. The van der Waals surface area contributed by atoms with Crippen molar-refractivity contribution < 1.29 is 39.1 Å². The monoisotopic (exact) mass is 108 g/mol. The minimum Gasteiger partial charge on any atom is -1.00 e. The third-order valence-corrected chi connectivity index (χ3v) is 0. The first-order valence-corrected chi connectivity index (χ1v) is 1.60. The predicted octanol–water partition coefficient (Wildman–Crippen LogP) is -4.03.